The van der Waals surface area contributed by atoms with Crippen molar-refractivity contribution in [1.82, 2.24) is 0 Å². The van der Waals surface area contributed by atoms with Crippen molar-refractivity contribution in [1.29, 1.82) is 0 Å². The van der Waals surface area contributed by atoms with Gasteiger partial charge in [0, 0.05) is 37.9 Å². The number of amides is 1. The summed E-state index contributed by atoms with van der Waals surface area (Å²) < 4.78 is 15.6. The lowest BCUT2D eigenvalue weighted by Crippen LogP contribution is -2.40. The number of benzene rings is 1. The first-order chi connectivity index (χ1) is 10.1. The van der Waals surface area contributed by atoms with Crippen LogP contribution in [0, 0.1) is 5.92 Å². The molecule has 1 aromatic rings. The quantitative estimate of drug-likeness (QED) is 0.784. The van der Waals surface area contributed by atoms with E-state index in [-0.39, 0.29) is 24.2 Å². The minimum absolute atomic E-state index is 0. The third kappa shape index (κ3) is 5.05. The van der Waals surface area contributed by atoms with Crippen molar-refractivity contribution < 1.29 is 19.0 Å². The van der Waals surface area contributed by atoms with E-state index in [0.29, 0.717) is 31.2 Å². The number of nitrogens with two attached hydrogens (primary N) is 1. The fourth-order valence-electron chi connectivity index (χ4n) is 1.91. The number of methoxy groups -OCH3 is 3. The zero-order valence-electron chi connectivity index (χ0n) is 13.5. The lowest BCUT2D eigenvalue weighted by molar-refractivity contribution is -0.121. The molecule has 126 valence electrons. The smallest absolute Gasteiger partial charge is 0.231 e. The Labute approximate surface area is 137 Å². The molecule has 1 atom stereocenters. The third-order valence-corrected chi connectivity index (χ3v) is 3.24. The number of ether oxygens (including phenoxy) is 3. The Morgan fingerprint density at radius 2 is 1.86 bits per heavy atom. The molecule has 2 N–H and O–H groups in total. The number of rotatable bonds is 8. The highest BCUT2D eigenvalue weighted by Crippen LogP contribution is 2.31. The largest absolute Gasteiger partial charge is 0.493 e. The predicted octanol–water partition coefficient (Wildman–Crippen LogP) is 1.70. The molecule has 0 saturated carbocycles. The average molecular weight is 333 g/mol. The lowest BCUT2D eigenvalue weighted by atomic mass is 10.1. The van der Waals surface area contributed by atoms with Crippen molar-refractivity contribution in [3.05, 3.63) is 18.2 Å². The van der Waals surface area contributed by atoms with Gasteiger partial charge in [0.25, 0.3) is 0 Å². The number of anilines is 1. The molecule has 1 rings (SSSR count). The molecule has 0 aromatic heterocycles. The molecular weight excluding hydrogens is 308 g/mol. The molecule has 1 amide bonds. The van der Waals surface area contributed by atoms with Crippen LogP contribution in [0.4, 0.5) is 5.69 Å². The summed E-state index contributed by atoms with van der Waals surface area (Å²) in [6.45, 7) is 3.00. The van der Waals surface area contributed by atoms with Crippen LogP contribution in [0.5, 0.6) is 11.5 Å². The Hall–Kier alpha value is -1.50. The molecule has 22 heavy (non-hydrogen) atoms. The summed E-state index contributed by atoms with van der Waals surface area (Å²) in [5, 5.41) is 0. The average Bonchev–Trinajstić information content (AvgIpc) is 2.53. The summed E-state index contributed by atoms with van der Waals surface area (Å²) in [7, 11) is 4.73. The Kier molecular flexibility index (Phi) is 9.56. The second-order valence-electron chi connectivity index (χ2n) is 4.66. The maximum absolute atomic E-state index is 12.5. The summed E-state index contributed by atoms with van der Waals surface area (Å²) in [6, 6.07) is 5.36. The molecule has 0 spiro atoms. The first kappa shape index (κ1) is 20.5. The van der Waals surface area contributed by atoms with Gasteiger partial charge in [-0.3, -0.25) is 4.79 Å². The Morgan fingerprint density at radius 3 is 2.36 bits per heavy atom. The van der Waals surface area contributed by atoms with E-state index in [0.717, 1.165) is 5.69 Å². The van der Waals surface area contributed by atoms with Crippen LogP contribution in [-0.4, -0.2) is 46.9 Å². The molecule has 7 heteroatoms. The van der Waals surface area contributed by atoms with Crippen LogP contribution in [0.3, 0.4) is 0 Å². The van der Waals surface area contributed by atoms with Gasteiger partial charge in [0.2, 0.25) is 5.91 Å². The van der Waals surface area contributed by atoms with Crippen molar-refractivity contribution in [2.75, 3.05) is 45.9 Å². The van der Waals surface area contributed by atoms with Crippen LogP contribution in [0.2, 0.25) is 0 Å². The van der Waals surface area contributed by atoms with E-state index in [1.165, 1.54) is 0 Å². The maximum Gasteiger partial charge on any atom is 0.231 e. The van der Waals surface area contributed by atoms with Crippen molar-refractivity contribution in [2.45, 2.75) is 6.92 Å². The Balaban J connectivity index is 0.00000441. The predicted molar refractivity (Wildman–Crippen MR) is 89.2 cm³/mol. The SMILES string of the molecule is COCCN(C(=O)C(C)CN)c1ccc(OC)c(OC)c1.Cl. The number of hydrogen-bond donors (Lipinski definition) is 1. The Morgan fingerprint density at radius 1 is 1.23 bits per heavy atom. The first-order valence-corrected chi connectivity index (χ1v) is 6.81. The third-order valence-electron chi connectivity index (χ3n) is 3.24. The van der Waals surface area contributed by atoms with Gasteiger partial charge in [-0.25, -0.2) is 0 Å². The zero-order chi connectivity index (χ0) is 15.8. The molecule has 6 nitrogen and oxygen atoms in total. The van der Waals surface area contributed by atoms with E-state index in [4.69, 9.17) is 19.9 Å². The Bertz CT molecular complexity index is 471. The lowest BCUT2D eigenvalue weighted by Gasteiger charge is -2.26. The first-order valence-electron chi connectivity index (χ1n) is 6.81. The summed E-state index contributed by atoms with van der Waals surface area (Å²) in [4.78, 5) is 14.1. The fourth-order valence-corrected chi connectivity index (χ4v) is 1.91. The molecule has 0 radical (unpaired) electrons. The normalized spacial score (nSPS) is 11.3. The van der Waals surface area contributed by atoms with Gasteiger partial charge in [-0.05, 0) is 12.1 Å². The molecule has 0 fully saturated rings. The standard InChI is InChI=1S/C15H24N2O4.ClH/c1-11(10-16)15(18)17(7-8-19-2)12-5-6-13(20-3)14(9-12)21-4;/h5-6,9,11H,7-8,10,16H2,1-4H3;1H. The van der Waals surface area contributed by atoms with Gasteiger partial charge in [0.1, 0.15) is 0 Å². The van der Waals surface area contributed by atoms with Crippen molar-refractivity contribution in [2.24, 2.45) is 11.7 Å². The molecule has 1 aromatic carbocycles. The van der Waals surface area contributed by atoms with Gasteiger partial charge in [-0.15, -0.1) is 12.4 Å². The van der Waals surface area contributed by atoms with Crippen LogP contribution in [0.25, 0.3) is 0 Å². The fraction of sp³-hybridized carbons (Fsp3) is 0.533. The molecule has 0 heterocycles. The summed E-state index contributed by atoms with van der Waals surface area (Å²) in [5.74, 6) is 0.898. The van der Waals surface area contributed by atoms with Gasteiger partial charge in [0.15, 0.2) is 11.5 Å². The van der Waals surface area contributed by atoms with Crippen LogP contribution in [0.15, 0.2) is 18.2 Å². The van der Waals surface area contributed by atoms with Crippen LogP contribution in [-0.2, 0) is 9.53 Å². The number of carbonyl (C=O) groups is 1. The molecule has 0 aliphatic carbocycles. The van der Waals surface area contributed by atoms with E-state index < -0.39 is 0 Å². The molecule has 0 bridgehead atoms. The summed E-state index contributed by atoms with van der Waals surface area (Å²) in [5.41, 5.74) is 6.33. The van der Waals surface area contributed by atoms with Crippen molar-refractivity contribution >= 4 is 24.0 Å². The topological polar surface area (TPSA) is 74.0 Å². The number of carbonyl (C=O) groups excluding carboxylic acids is 1. The van der Waals surface area contributed by atoms with Gasteiger partial charge >= 0.3 is 0 Å². The highest BCUT2D eigenvalue weighted by molar-refractivity contribution is 5.95. The monoisotopic (exact) mass is 332 g/mol. The van der Waals surface area contributed by atoms with Crippen LogP contribution < -0.4 is 20.1 Å². The second kappa shape index (κ2) is 10.3. The minimum Gasteiger partial charge on any atom is -0.493 e. The molecular formula is C15H25ClN2O4. The summed E-state index contributed by atoms with van der Waals surface area (Å²) in [6.07, 6.45) is 0. The summed E-state index contributed by atoms with van der Waals surface area (Å²) >= 11 is 0. The number of halogens is 1. The van der Waals surface area contributed by atoms with Gasteiger partial charge in [-0.1, -0.05) is 6.92 Å². The molecule has 0 saturated heterocycles. The highest BCUT2D eigenvalue weighted by atomic mass is 35.5. The molecule has 0 aliphatic heterocycles. The molecule has 1 unspecified atom stereocenters. The van der Waals surface area contributed by atoms with Crippen LogP contribution >= 0.6 is 12.4 Å². The van der Waals surface area contributed by atoms with Gasteiger partial charge in [0.05, 0.1) is 20.8 Å². The number of hydrogen-bond acceptors (Lipinski definition) is 5. The van der Waals surface area contributed by atoms with Gasteiger partial charge < -0.3 is 24.8 Å². The number of nitrogens with zero attached hydrogens (tertiary/aromatic N) is 1. The van der Waals surface area contributed by atoms with E-state index in [2.05, 4.69) is 0 Å². The zero-order valence-corrected chi connectivity index (χ0v) is 14.3. The molecule has 0 aliphatic rings. The van der Waals surface area contributed by atoms with Crippen molar-refractivity contribution in [3.63, 3.8) is 0 Å². The highest BCUT2D eigenvalue weighted by Gasteiger charge is 2.21. The van der Waals surface area contributed by atoms with E-state index in [1.807, 2.05) is 13.0 Å². The van der Waals surface area contributed by atoms with E-state index in [9.17, 15) is 4.79 Å². The maximum atomic E-state index is 12.5. The van der Waals surface area contributed by atoms with Crippen molar-refractivity contribution in [3.8, 4) is 11.5 Å². The van der Waals surface area contributed by atoms with Gasteiger partial charge in [-0.2, -0.15) is 0 Å². The second-order valence-corrected chi connectivity index (χ2v) is 4.66. The van der Waals surface area contributed by atoms with E-state index >= 15 is 0 Å². The van der Waals surface area contributed by atoms with Crippen LogP contribution in [0.1, 0.15) is 6.92 Å². The minimum atomic E-state index is -0.255. The van der Waals surface area contributed by atoms with E-state index in [1.54, 1.807) is 38.4 Å².